The number of thiophene rings is 1. The third-order valence-electron chi connectivity index (χ3n) is 6.12. The summed E-state index contributed by atoms with van der Waals surface area (Å²) in [7, 11) is -3.06. The highest BCUT2D eigenvalue weighted by molar-refractivity contribution is 7.32. The van der Waals surface area contributed by atoms with Crippen LogP contribution in [0.1, 0.15) is 33.3 Å². The molecule has 1 aliphatic rings. The first-order valence-corrected chi connectivity index (χ1v) is 14.8. The van der Waals surface area contributed by atoms with E-state index >= 15 is 0 Å². The van der Waals surface area contributed by atoms with Crippen LogP contribution in [0.5, 0.6) is 0 Å². The molecule has 0 fully saturated rings. The molecule has 0 amide bonds. The minimum atomic E-state index is -1.58. The fourth-order valence-electron chi connectivity index (χ4n) is 4.46. The first kappa shape index (κ1) is 16.9. The summed E-state index contributed by atoms with van der Waals surface area (Å²) in [6, 6.07) is 19.1. The second-order valence-corrected chi connectivity index (χ2v) is 17.2. The molecule has 3 heteroatoms. The molecule has 2 heterocycles. The van der Waals surface area contributed by atoms with Crippen LogP contribution in [0.2, 0.25) is 24.2 Å². The van der Waals surface area contributed by atoms with Gasteiger partial charge in [-0.25, -0.2) is 0 Å². The minimum absolute atomic E-state index is 1.33. The lowest BCUT2D eigenvalue weighted by atomic mass is 10.2. The van der Waals surface area contributed by atoms with Gasteiger partial charge < -0.3 is 0 Å². The van der Waals surface area contributed by atoms with Crippen molar-refractivity contribution >= 4 is 42.4 Å². The molecule has 1 aliphatic heterocycles. The number of hydrogen-bond donors (Lipinski definition) is 0. The SMILES string of the molecule is CC[Si]1(CC)C=C(c2ccccc2)[Si](CC)(CC)c2ccsc21. The highest BCUT2D eigenvalue weighted by Gasteiger charge is 2.48. The van der Waals surface area contributed by atoms with E-state index in [2.05, 4.69) is 86.5 Å². The molecular formula is C20H28SSi2. The van der Waals surface area contributed by atoms with Gasteiger partial charge in [0.15, 0.2) is 0 Å². The van der Waals surface area contributed by atoms with Crippen LogP contribution in [-0.4, -0.2) is 16.1 Å². The lowest BCUT2D eigenvalue weighted by molar-refractivity contribution is 1.27. The lowest BCUT2D eigenvalue weighted by Gasteiger charge is -2.43. The summed E-state index contributed by atoms with van der Waals surface area (Å²) in [6.07, 6.45) is 0. The summed E-state index contributed by atoms with van der Waals surface area (Å²) < 4.78 is 1.82. The van der Waals surface area contributed by atoms with Gasteiger partial charge >= 0.3 is 0 Å². The zero-order chi connectivity index (χ0) is 16.5. The Morgan fingerprint density at radius 3 is 2.04 bits per heavy atom. The van der Waals surface area contributed by atoms with Crippen LogP contribution >= 0.6 is 11.3 Å². The zero-order valence-corrected chi connectivity index (χ0v) is 17.7. The Kier molecular flexibility index (Phi) is 4.81. The Morgan fingerprint density at radius 1 is 0.826 bits per heavy atom. The van der Waals surface area contributed by atoms with Gasteiger partial charge in [0.1, 0.15) is 16.1 Å². The summed E-state index contributed by atoms with van der Waals surface area (Å²) in [6.45, 7) is 9.70. The van der Waals surface area contributed by atoms with Crippen molar-refractivity contribution in [1.29, 1.82) is 0 Å². The standard InChI is InChI=1S/C20H28SSi2/c1-5-22(6-2)16-19(17-12-10-9-11-13-17)23(7-3,8-4)18-14-15-21-20(18)22/h9-16H,5-8H2,1-4H3. The van der Waals surface area contributed by atoms with Crippen LogP contribution in [0.3, 0.4) is 0 Å². The fraction of sp³-hybridized carbons (Fsp3) is 0.400. The second-order valence-electron chi connectivity index (χ2n) is 6.74. The van der Waals surface area contributed by atoms with E-state index in [1.54, 1.807) is 10.4 Å². The Balaban J connectivity index is 2.32. The molecule has 0 atom stereocenters. The molecular weight excluding hydrogens is 328 g/mol. The van der Waals surface area contributed by atoms with Gasteiger partial charge in [-0.1, -0.05) is 99.2 Å². The van der Waals surface area contributed by atoms with Gasteiger partial charge in [0.25, 0.3) is 0 Å². The van der Waals surface area contributed by atoms with Gasteiger partial charge in [0.05, 0.1) is 0 Å². The predicted molar refractivity (Wildman–Crippen MR) is 111 cm³/mol. The van der Waals surface area contributed by atoms with Crippen LogP contribution in [0.4, 0.5) is 0 Å². The number of hydrogen-bond acceptors (Lipinski definition) is 1. The number of rotatable bonds is 5. The highest BCUT2D eigenvalue weighted by atomic mass is 32.1. The van der Waals surface area contributed by atoms with Crippen molar-refractivity contribution in [1.82, 2.24) is 0 Å². The maximum absolute atomic E-state index is 2.83. The van der Waals surface area contributed by atoms with Crippen LogP contribution in [-0.2, 0) is 0 Å². The van der Waals surface area contributed by atoms with Crippen molar-refractivity contribution < 1.29 is 0 Å². The Bertz CT molecular complexity index is 691. The molecule has 0 N–H and O–H groups in total. The van der Waals surface area contributed by atoms with E-state index in [-0.39, 0.29) is 0 Å². The molecule has 0 saturated carbocycles. The van der Waals surface area contributed by atoms with Crippen molar-refractivity contribution in [3.8, 4) is 0 Å². The Labute approximate surface area is 147 Å². The van der Waals surface area contributed by atoms with Gasteiger partial charge in [-0.2, -0.15) is 11.3 Å². The average Bonchev–Trinajstić information content (AvgIpc) is 3.12. The number of benzene rings is 1. The summed E-state index contributed by atoms with van der Waals surface area (Å²) in [5, 5.41) is 5.93. The van der Waals surface area contributed by atoms with Crippen LogP contribution in [0.15, 0.2) is 47.5 Å². The molecule has 0 saturated heterocycles. The second kappa shape index (κ2) is 6.54. The van der Waals surface area contributed by atoms with Crippen molar-refractivity contribution in [2.75, 3.05) is 0 Å². The summed E-state index contributed by atoms with van der Waals surface area (Å²) in [5.74, 6) is 0. The molecule has 122 valence electrons. The van der Waals surface area contributed by atoms with E-state index in [1.165, 1.54) is 29.7 Å². The van der Waals surface area contributed by atoms with Gasteiger partial charge in [0, 0.05) is 0 Å². The van der Waals surface area contributed by atoms with Crippen LogP contribution in [0.25, 0.3) is 5.20 Å². The van der Waals surface area contributed by atoms with Crippen LogP contribution in [0, 0.1) is 0 Å². The monoisotopic (exact) mass is 356 g/mol. The molecule has 23 heavy (non-hydrogen) atoms. The van der Waals surface area contributed by atoms with Gasteiger partial charge in [-0.3, -0.25) is 0 Å². The third kappa shape index (κ3) is 2.44. The first-order chi connectivity index (χ1) is 11.2. The van der Waals surface area contributed by atoms with Crippen LogP contribution < -0.4 is 9.69 Å². The maximum atomic E-state index is 2.83. The molecule has 0 radical (unpaired) electrons. The minimum Gasteiger partial charge on any atom is -0.153 e. The smallest absolute Gasteiger partial charge is 0.122 e. The van der Waals surface area contributed by atoms with Crippen molar-refractivity contribution in [3.05, 3.63) is 53.0 Å². The lowest BCUT2D eigenvalue weighted by Crippen LogP contribution is -2.64. The Morgan fingerprint density at radius 2 is 1.48 bits per heavy atom. The Hall–Kier alpha value is -0.906. The van der Waals surface area contributed by atoms with Gasteiger partial charge in [-0.15, -0.1) is 0 Å². The van der Waals surface area contributed by atoms with Crippen molar-refractivity contribution in [2.45, 2.75) is 51.9 Å². The van der Waals surface area contributed by atoms with E-state index in [1.807, 2.05) is 4.50 Å². The summed E-state index contributed by atoms with van der Waals surface area (Å²) >= 11 is 2.06. The highest BCUT2D eigenvalue weighted by Crippen LogP contribution is 2.39. The molecule has 0 bridgehead atoms. The molecule has 0 nitrogen and oxygen atoms in total. The molecule has 0 spiro atoms. The molecule has 1 aromatic heterocycles. The van der Waals surface area contributed by atoms with E-state index in [4.69, 9.17) is 0 Å². The van der Waals surface area contributed by atoms with Gasteiger partial charge in [-0.05, 0) is 20.6 Å². The normalized spacial score (nSPS) is 18.3. The molecule has 2 aromatic rings. The molecule has 3 rings (SSSR count). The van der Waals surface area contributed by atoms with Gasteiger partial charge in [0.2, 0.25) is 0 Å². The summed E-state index contributed by atoms with van der Waals surface area (Å²) in [4.78, 5) is 0. The fourth-order valence-corrected chi connectivity index (χ4v) is 18.4. The van der Waals surface area contributed by atoms with Crippen molar-refractivity contribution in [3.63, 3.8) is 0 Å². The summed E-state index contributed by atoms with van der Waals surface area (Å²) in [5.41, 5.74) is 4.33. The average molecular weight is 357 g/mol. The quantitative estimate of drug-likeness (QED) is 0.636. The van der Waals surface area contributed by atoms with E-state index in [9.17, 15) is 0 Å². The maximum Gasteiger partial charge on any atom is 0.122 e. The van der Waals surface area contributed by atoms with E-state index in [0.29, 0.717) is 0 Å². The molecule has 0 aliphatic carbocycles. The van der Waals surface area contributed by atoms with E-state index < -0.39 is 16.1 Å². The molecule has 1 aromatic carbocycles. The number of fused-ring (bicyclic) bond motifs is 1. The predicted octanol–water partition coefficient (Wildman–Crippen LogP) is 5.31. The first-order valence-electron chi connectivity index (χ1n) is 9.04. The van der Waals surface area contributed by atoms with E-state index in [0.717, 1.165) is 0 Å². The third-order valence-corrected chi connectivity index (χ3v) is 19.0. The topological polar surface area (TPSA) is 0 Å². The zero-order valence-electron chi connectivity index (χ0n) is 14.9. The van der Waals surface area contributed by atoms with Crippen molar-refractivity contribution in [2.24, 2.45) is 0 Å². The molecule has 0 unspecified atom stereocenters. The largest absolute Gasteiger partial charge is 0.153 e.